The molecule has 0 saturated carbocycles. The monoisotopic (exact) mass is 387 g/mol. The molecule has 29 heavy (non-hydrogen) atoms. The average Bonchev–Trinajstić information content (AvgIpc) is 2.73. The van der Waals surface area contributed by atoms with Crippen LogP contribution in [0.25, 0.3) is 10.9 Å². The summed E-state index contributed by atoms with van der Waals surface area (Å²) in [6.45, 7) is 9.16. The number of rotatable bonds is 4. The predicted molar refractivity (Wildman–Crippen MR) is 118 cm³/mol. The molecule has 0 aliphatic carbocycles. The van der Waals surface area contributed by atoms with Crippen LogP contribution >= 0.6 is 0 Å². The van der Waals surface area contributed by atoms with Gasteiger partial charge in [-0.2, -0.15) is 0 Å². The number of para-hydroxylation sites is 1. The quantitative estimate of drug-likeness (QED) is 0.685. The third kappa shape index (κ3) is 3.75. The van der Waals surface area contributed by atoms with Crippen LogP contribution in [0.3, 0.4) is 0 Å². The molecule has 0 spiro atoms. The molecule has 4 nitrogen and oxygen atoms in total. The maximum absolute atomic E-state index is 12.7. The van der Waals surface area contributed by atoms with Gasteiger partial charge in [0.05, 0.1) is 5.52 Å². The first-order chi connectivity index (χ1) is 14.2. The van der Waals surface area contributed by atoms with Crippen molar-refractivity contribution in [3.63, 3.8) is 0 Å². The molecule has 1 saturated heterocycles. The van der Waals surface area contributed by atoms with E-state index < -0.39 is 0 Å². The van der Waals surface area contributed by atoms with Gasteiger partial charge in [0, 0.05) is 57.3 Å². The van der Waals surface area contributed by atoms with E-state index >= 15 is 0 Å². The van der Waals surface area contributed by atoms with Gasteiger partial charge in [0.25, 0.3) is 5.56 Å². The summed E-state index contributed by atoms with van der Waals surface area (Å²) in [5.41, 5.74) is 6.59. The first-order valence-electron chi connectivity index (χ1n) is 10.8. The SMILES string of the molecule is Cc1cccc(CN2CCN(Cc3cc(=O)n4c5c(cccc35)CCC4)CC2)c1. The molecule has 4 heteroatoms. The van der Waals surface area contributed by atoms with Gasteiger partial charge in [0.15, 0.2) is 0 Å². The summed E-state index contributed by atoms with van der Waals surface area (Å²) >= 11 is 0. The van der Waals surface area contributed by atoms with E-state index in [0.29, 0.717) is 0 Å². The van der Waals surface area contributed by atoms with Crippen molar-refractivity contribution in [2.75, 3.05) is 26.2 Å². The van der Waals surface area contributed by atoms with Crippen molar-refractivity contribution in [2.24, 2.45) is 0 Å². The van der Waals surface area contributed by atoms with E-state index in [0.717, 1.165) is 58.7 Å². The fourth-order valence-corrected chi connectivity index (χ4v) is 4.98. The molecule has 2 aliphatic rings. The lowest BCUT2D eigenvalue weighted by Gasteiger charge is -2.35. The van der Waals surface area contributed by atoms with Gasteiger partial charge in [-0.25, -0.2) is 0 Å². The van der Waals surface area contributed by atoms with Crippen LogP contribution in [-0.2, 0) is 26.1 Å². The summed E-state index contributed by atoms with van der Waals surface area (Å²) < 4.78 is 1.98. The minimum Gasteiger partial charge on any atom is -0.308 e. The molecule has 0 unspecified atom stereocenters. The van der Waals surface area contributed by atoms with E-state index in [1.54, 1.807) is 0 Å². The van der Waals surface area contributed by atoms with Crippen molar-refractivity contribution >= 4 is 10.9 Å². The standard InChI is InChI=1S/C25H29N3O/c1-19-5-2-6-20(15-19)17-26-11-13-27(14-12-26)18-22-16-24(29)28-10-4-8-21-7-3-9-23(22)25(21)28/h2-3,5-7,9,15-16H,4,8,10-14,17-18H2,1H3. The zero-order valence-electron chi connectivity index (χ0n) is 17.2. The Morgan fingerprint density at radius 3 is 2.41 bits per heavy atom. The van der Waals surface area contributed by atoms with Gasteiger partial charge in [-0.15, -0.1) is 0 Å². The number of benzene rings is 2. The number of aromatic nitrogens is 1. The highest BCUT2D eigenvalue weighted by Gasteiger charge is 2.20. The van der Waals surface area contributed by atoms with E-state index in [1.807, 2.05) is 10.6 Å². The molecule has 150 valence electrons. The molecule has 1 fully saturated rings. The van der Waals surface area contributed by atoms with Crippen molar-refractivity contribution in [1.29, 1.82) is 0 Å². The average molecular weight is 388 g/mol. The summed E-state index contributed by atoms with van der Waals surface area (Å²) in [5, 5.41) is 1.27. The summed E-state index contributed by atoms with van der Waals surface area (Å²) in [4.78, 5) is 17.8. The minimum atomic E-state index is 0.165. The van der Waals surface area contributed by atoms with Crippen LogP contribution in [0.15, 0.2) is 53.3 Å². The van der Waals surface area contributed by atoms with E-state index in [-0.39, 0.29) is 5.56 Å². The molecule has 0 atom stereocenters. The molecule has 0 amide bonds. The highest BCUT2D eigenvalue weighted by Crippen LogP contribution is 2.26. The highest BCUT2D eigenvalue weighted by atomic mass is 16.1. The Balaban J connectivity index is 1.31. The highest BCUT2D eigenvalue weighted by molar-refractivity contribution is 5.86. The number of hydrogen-bond donors (Lipinski definition) is 0. The second-order valence-corrected chi connectivity index (χ2v) is 8.62. The van der Waals surface area contributed by atoms with E-state index in [2.05, 4.69) is 59.2 Å². The number of piperazine rings is 1. The predicted octanol–water partition coefficient (Wildman–Crippen LogP) is 3.57. The lowest BCUT2D eigenvalue weighted by molar-refractivity contribution is 0.122. The fourth-order valence-electron chi connectivity index (χ4n) is 4.98. The molecule has 5 rings (SSSR count). The molecule has 3 aromatic rings. The van der Waals surface area contributed by atoms with Crippen molar-refractivity contribution in [3.05, 3.63) is 81.1 Å². The minimum absolute atomic E-state index is 0.165. The van der Waals surface area contributed by atoms with Crippen LogP contribution in [0.1, 0.15) is 28.7 Å². The topological polar surface area (TPSA) is 28.5 Å². The van der Waals surface area contributed by atoms with Gasteiger partial charge in [-0.05, 0) is 36.5 Å². The van der Waals surface area contributed by atoms with Crippen LogP contribution in [0, 0.1) is 6.92 Å². The van der Waals surface area contributed by atoms with Gasteiger partial charge in [-0.1, -0.05) is 48.0 Å². The molecule has 3 heterocycles. The van der Waals surface area contributed by atoms with Crippen LogP contribution in [0.5, 0.6) is 0 Å². The maximum atomic E-state index is 12.7. The molecule has 1 aromatic heterocycles. The second-order valence-electron chi connectivity index (χ2n) is 8.62. The zero-order chi connectivity index (χ0) is 19.8. The number of aryl methyl sites for hydroxylation is 3. The summed E-state index contributed by atoms with van der Waals surface area (Å²) in [6.07, 6.45) is 2.14. The molecule has 2 aromatic carbocycles. The van der Waals surface area contributed by atoms with E-state index in [4.69, 9.17) is 0 Å². The Morgan fingerprint density at radius 1 is 0.862 bits per heavy atom. The zero-order valence-corrected chi connectivity index (χ0v) is 17.2. The van der Waals surface area contributed by atoms with Crippen LogP contribution < -0.4 is 5.56 Å². The van der Waals surface area contributed by atoms with Gasteiger partial charge in [-0.3, -0.25) is 14.6 Å². The van der Waals surface area contributed by atoms with E-state index in [9.17, 15) is 4.79 Å². The van der Waals surface area contributed by atoms with Gasteiger partial charge < -0.3 is 4.57 Å². The largest absolute Gasteiger partial charge is 0.308 e. The van der Waals surface area contributed by atoms with Crippen molar-refractivity contribution in [2.45, 2.75) is 39.4 Å². The van der Waals surface area contributed by atoms with E-state index in [1.165, 1.54) is 33.2 Å². The summed E-state index contributed by atoms with van der Waals surface area (Å²) in [7, 11) is 0. The molecule has 0 N–H and O–H groups in total. The van der Waals surface area contributed by atoms with Gasteiger partial charge in [0.1, 0.15) is 0 Å². The first kappa shape index (κ1) is 18.6. The van der Waals surface area contributed by atoms with Crippen molar-refractivity contribution < 1.29 is 0 Å². The second kappa shape index (κ2) is 7.77. The normalized spacial score (nSPS) is 17.7. The van der Waals surface area contributed by atoms with Crippen LogP contribution in [-0.4, -0.2) is 40.5 Å². The fraction of sp³-hybridized carbons (Fsp3) is 0.400. The van der Waals surface area contributed by atoms with Gasteiger partial charge in [0.2, 0.25) is 0 Å². The maximum Gasteiger partial charge on any atom is 0.251 e. The van der Waals surface area contributed by atoms with Crippen molar-refractivity contribution in [1.82, 2.24) is 14.4 Å². The molecule has 2 aliphatic heterocycles. The van der Waals surface area contributed by atoms with Crippen LogP contribution in [0.2, 0.25) is 0 Å². The number of hydrogen-bond acceptors (Lipinski definition) is 3. The summed E-state index contributed by atoms with van der Waals surface area (Å²) in [6, 6.07) is 17.2. The van der Waals surface area contributed by atoms with Crippen molar-refractivity contribution in [3.8, 4) is 0 Å². The molecule has 0 radical (unpaired) electrons. The van der Waals surface area contributed by atoms with Gasteiger partial charge >= 0.3 is 0 Å². The molecular weight excluding hydrogens is 358 g/mol. The summed E-state index contributed by atoms with van der Waals surface area (Å²) in [5.74, 6) is 0. The smallest absolute Gasteiger partial charge is 0.251 e. The molecule has 0 bridgehead atoms. The number of pyridine rings is 1. The third-order valence-corrected chi connectivity index (χ3v) is 6.47. The Morgan fingerprint density at radius 2 is 1.62 bits per heavy atom. The Hall–Kier alpha value is -2.43. The Bertz CT molecular complexity index is 1090. The van der Waals surface area contributed by atoms with Crippen LogP contribution in [0.4, 0.5) is 0 Å². The first-order valence-corrected chi connectivity index (χ1v) is 10.8. The third-order valence-electron chi connectivity index (χ3n) is 6.47. The Kier molecular flexibility index (Phi) is 4.98. The number of nitrogens with zero attached hydrogens (tertiary/aromatic N) is 3. The lowest BCUT2D eigenvalue weighted by Crippen LogP contribution is -2.45. The molecular formula is C25H29N3O. The Labute approximate surface area is 172 Å². The lowest BCUT2D eigenvalue weighted by atomic mass is 9.98.